The Kier molecular flexibility index (Phi) is 6.38. The minimum absolute atomic E-state index is 0.689. The minimum atomic E-state index is 0.689. The van der Waals surface area contributed by atoms with Gasteiger partial charge in [0.2, 0.25) is 0 Å². The molecule has 4 nitrogen and oxygen atoms in total. The number of ether oxygens (including phenoxy) is 1. The van der Waals surface area contributed by atoms with Crippen molar-refractivity contribution < 1.29 is 4.74 Å². The molecule has 1 aromatic heterocycles. The lowest BCUT2D eigenvalue weighted by Crippen LogP contribution is -2.21. The molecule has 0 saturated carbocycles. The average Bonchev–Trinajstić information content (AvgIpc) is 2.90. The highest BCUT2D eigenvalue weighted by Crippen LogP contribution is 2.32. The lowest BCUT2D eigenvalue weighted by atomic mass is 10.2. The monoisotopic (exact) mass is 375 g/mol. The zero-order valence-electron chi connectivity index (χ0n) is 11.0. The molecule has 1 aromatic carbocycles. The van der Waals surface area contributed by atoms with Crippen LogP contribution >= 0.6 is 38.9 Å². The van der Waals surface area contributed by atoms with Gasteiger partial charge < -0.3 is 10.1 Å². The molecule has 108 valence electrons. The predicted molar refractivity (Wildman–Crippen MR) is 86.5 cm³/mol. The molecule has 0 atom stereocenters. The minimum Gasteiger partial charge on any atom is -0.383 e. The lowest BCUT2D eigenvalue weighted by Gasteiger charge is -2.01. The number of benzene rings is 1. The van der Waals surface area contributed by atoms with Crippen LogP contribution in [0.2, 0.25) is 5.02 Å². The molecule has 0 aliphatic heterocycles. The van der Waals surface area contributed by atoms with Crippen molar-refractivity contribution in [3.63, 3.8) is 0 Å². The Morgan fingerprint density at radius 3 is 3.00 bits per heavy atom. The van der Waals surface area contributed by atoms with Gasteiger partial charge in [0.05, 0.1) is 11.6 Å². The number of halogens is 2. The van der Waals surface area contributed by atoms with Crippen LogP contribution in [0.25, 0.3) is 10.6 Å². The largest absolute Gasteiger partial charge is 0.383 e. The summed E-state index contributed by atoms with van der Waals surface area (Å²) in [6.07, 6.45) is 0.854. The van der Waals surface area contributed by atoms with Crippen LogP contribution < -0.4 is 5.32 Å². The molecule has 0 aliphatic rings. The van der Waals surface area contributed by atoms with E-state index >= 15 is 0 Å². The fourth-order valence-corrected chi connectivity index (χ4v) is 3.11. The topological polar surface area (TPSA) is 47.0 Å². The van der Waals surface area contributed by atoms with Gasteiger partial charge in [0.25, 0.3) is 0 Å². The Balaban J connectivity index is 1.96. The van der Waals surface area contributed by atoms with Crippen LogP contribution in [0.1, 0.15) is 5.01 Å². The summed E-state index contributed by atoms with van der Waals surface area (Å²) in [5, 5.41) is 14.2. The van der Waals surface area contributed by atoms with E-state index in [9.17, 15) is 0 Å². The van der Waals surface area contributed by atoms with Crippen molar-refractivity contribution in [3.05, 3.63) is 32.7 Å². The molecule has 1 heterocycles. The highest BCUT2D eigenvalue weighted by molar-refractivity contribution is 9.10. The lowest BCUT2D eigenvalue weighted by molar-refractivity contribution is 0.199. The Hall–Kier alpha value is -0.530. The smallest absolute Gasteiger partial charge is 0.149 e. The predicted octanol–water partition coefficient (Wildman–Crippen LogP) is 3.40. The summed E-state index contributed by atoms with van der Waals surface area (Å²) in [4.78, 5) is 0. The second-order valence-corrected chi connectivity index (χ2v) is 6.50. The molecule has 0 aliphatic carbocycles. The second-order valence-electron chi connectivity index (χ2n) is 4.12. The summed E-state index contributed by atoms with van der Waals surface area (Å²) in [5.74, 6) is 0. The zero-order valence-corrected chi connectivity index (χ0v) is 14.2. The Morgan fingerprint density at radius 1 is 1.35 bits per heavy atom. The number of nitrogens with one attached hydrogen (secondary N) is 1. The number of hydrogen-bond donors (Lipinski definition) is 1. The summed E-state index contributed by atoms with van der Waals surface area (Å²) < 4.78 is 5.95. The van der Waals surface area contributed by atoms with Gasteiger partial charge >= 0.3 is 0 Å². The normalized spacial score (nSPS) is 10.9. The zero-order chi connectivity index (χ0) is 14.4. The van der Waals surface area contributed by atoms with Crippen LogP contribution in [0.5, 0.6) is 0 Å². The van der Waals surface area contributed by atoms with Crippen molar-refractivity contribution in [2.45, 2.75) is 6.42 Å². The quantitative estimate of drug-likeness (QED) is 0.752. The first kappa shape index (κ1) is 15.9. The maximum absolute atomic E-state index is 6.19. The van der Waals surface area contributed by atoms with E-state index in [1.807, 2.05) is 18.2 Å². The van der Waals surface area contributed by atoms with Gasteiger partial charge in [-0.05, 0) is 18.2 Å². The van der Waals surface area contributed by atoms with E-state index in [1.165, 1.54) is 0 Å². The van der Waals surface area contributed by atoms with Crippen molar-refractivity contribution >= 4 is 38.9 Å². The van der Waals surface area contributed by atoms with Crippen molar-refractivity contribution in [1.82, 2.24) is 15.5 Å². The van der Waals surface area contributed by atoms with Crippen LogP contribution in [0, 0.1) is 0 Å². The third kappa shape index (κ3) is 4.49. The van der Waals surface area contributed by atoms with Crippen LogP contribution in [0.15, 0.2) is 22.7 Å². The second kappa shape index (κ2) is 8.05. The standard InChI is InChI=1S/C13H15BrClN3OS/c1-19-7-6-16-5-4-12-17-18-13(20-12)10-8-9(14)2-3-11(10)15/h2-3,8,16H,4-7H2,1H3. The van der Waals surface area contributed by atoms with Crippen molar-refractivity contribution in [3.8, 4) is 10.6 Å². The van der Waals surface area contributed by atoms with Gasteiger partial charge in [0.1, 0.15) is 10.0 Å². The first-order valence-corrected chi connectivity index (χ1v) is 8.17. The summed E-state index contributed by atoms with van der Waals surface area (Å²) in [6.45, 7) is 2.43. The van der Waals surface area contributed by atoms with Gasteiger partial charge in [0, 0.05) is 36.7 Å². The van der Waals surface area contributed by atoms with Gasteiger partial charge in [-0.1, -0.05) is 38.9 Å². The molecular formula is C13H15BrClN3OS. The maximum Gasteiger partial charge on any atom is 0.149 e. The summed E-state index contributed by atoms with van der Waals surface area (Å²) in [6, 6.07) is 5.73. The molecule has 0 bridgehead atoms. The first-order chi connectivity index (χ1) is 9.70. The molecule has 1 N–H and O–H groups in total. The van der Waals surface area contributed by atoms with E-state index in [2.05, 4.69) is 31.4 Å². The van der Waals surface area contributed by atoms with Crippen LogP contribution in [0.4, 0.5) is 0 Å². The highest BCUT2D eigenvalue weighted by atomic mass is 79.9. The molecule has 7 heteroatoms. The number of aromatic nitrogens is 2. The molecule has 20 heavy (non-hydrogen) atoms. The number of hydrogen-bond acceptors (Lipinski definition) is 5. The molecule has 0 saturated heterocycles. The summed E-state index contributed by atoms with van der Waals surface area (Å²) in [5.41, 5.74) is 0.914. The number of rotatable bonds is 7. The van der Waals surface area contributed by atoms with Crippen LogP contribution in [-0.4, -0.2) is 37.0 Å². The van der Waals surface area contributed by atoms with Gasteiger partial charge in [-0.25, -0.2) is 0 Å². The van der Waals surface area contributed by atoms with Gasteiger partial charge in [-0.3, -0.25) is 0 Å². The molecule has 2 aromatic rings. The highest BCUT2D eigenvalue weighted by Gasteiger charge is 2.10. The molecular weight excluding hydrogens is 362 g/mol. The van der Waals surface area contributed by atoms with E-state index in [4.69, 9.17) is 16.3 Å². The summed E-state index contributed by atoms with van der Waals surface area (Å²) >= 11 is 11.2. The van der Waals surface area contributed by atoms with Crippen molar-refractivity contribution in [1.29, 1.82) is 0 Å². The van der Waals surface area contributed by atoms with Crippen molar-refractivity contribution in [2.75, 3.05) is 26.8 Å². The van der Waals surface area contributed by atoms with E-state index in [0.717, 1.165) is 46.2 Å². The molecule has 2 rings (SSSR count). The molecule has 0 radical (unpaired) electrons. The number of methoxy groups -OCH3 is 1. The SMILES string of the molecule is COCCNCCc1nnc(-c2cc(Br)ccc2Cl)s1. The molecule has 0 fully saturated rings. The summed E-state index contributed by atoms with van der Waals surface area (Å²) in [7, 11) is 1.69. The first-order valence-electron chi connectivity index (χ1n) is 6.18. The molecule has 0 amide bonds. The van der Waals surface area contributed by atoms with Crippen LogP contribution in [-0.2, 0) is 11.2 Å². The van der Waals surface area contributed by atoms with Gasteiger partial charge in [-0.15, -0.1) is 10.2 Å². The van der Waals surface area contributed by atoms with E-state index in [-0.39, 0.29) is 0 Å². The maximum atomic E-state index is 6.19. The van der Waals surface area contributed by atoms with Gasteiger partial charge in [0.15, 0.2) is 0 Å². The third-order valence-electron chi connectivity index (χ3n) is 2.62. The molecule has 0 spiro atoms. The van der Waals surface area contributed by atoms with Crippen LogP contribution in [0.3, 0.4) is 0 Å². The van der Waals surface area contributed by atoms with E-state index in [1.54, 1.807) is 18.4 Å². The Morgan fingerprint density at radius 2 is 2.20 bits per heavy atom. The fourth-order valence-electron chi connectivity index (χ4n) is 1.62. The van der Waals surface area contributed by atoms with E-state index in [0.29, 0.717) is 5.02 Å². The third-order valence-corrected chi connectivity index (χ3v) is 4.46. The fraction of sp³-hybridized carbons (Fsp3) is 0.385. The van der Waals surface area contributed by atoms with Gasteiger partial charge in [-0.2, -0.15) is 0 Å². The number of nitrogens with zero attached hydrogens (tertiary/aromatic N) is 2. The Bertz CT molecular complexity index is 564. The molecule has 0 unspecified atom stereocenters. The van der Waals surface area contributed by atoms with Crippen molar-refractivity contribution in [2.24, 2.45) is 0 Å². The van der Waals surface area contributed by atoms with E-state index < -0.39 is 0 Å². The average molecular weight is 377 g/mol. The Labute approximate surface area is 135 Å².